The molecule has 0 aliphatic heterocycles. The first kappa shape index (κ1) is 26.0. The van der Waals surface area contributed by atoms with Crippen molar-refractivity contribution in [3.8, 4) is 0 Å². The van der Waals surface area contributed by atoms with Gasteiger partial charge in [-0.3, -0.25) is 14.7 Å². The van der Waals surface area contributed by atoms with Crippen molar-refractivity contribution in [1.29, 1.82) is 0 Å². The van der Waals surface area contributed by atoms with Crippen molar-refractivity contribution < 1.29 is 28.2 Å². The number of rotatable bonds is 10. The lowest BCUT2D eigenvalue weighted by molar-refractivity contribution is -0.146. The molecular formula is C24H31F2N3O4. The van der Waals surface area contributed by atoms with E-state index in [1.54, 1.807) is 11.8 Å². The van der Waals surface area contributed by atoms with Crippen LogP contribution in [0.25, 0.3) is 0 Å². The van der Waals surface area contributed by atoms with E-state index >= 15 is 0 Å². The fraction of sp³-hybridized carbons (Fsp3) is 0.458. The Kier molecular flexibility index (Phi) is 9.13. The number of carboxylic acid groups (broad SMARTS) is 1. The lowest BCUT2D eigenvalue weighted by Gasteiger charge is -2.37. The minimum absolute atomic E-state index is 0.0187. The predicted molar refractivity (Wildman–Crippen MR) is 123 cm³/mol. The molecule has 0 radical (unpaired) electrons. The first-order valence-corrected chi connectivity index (χ1v) is 10.7. The SMILES string of the molecule is C=N/C(C)=C\C(OC(F)F)=C(/C)NC(=O)N(CC1CC(C(=O)O)C1)c1ccccc1C(C)C. The molecular weight excluding hydrogens is 432 g/mol. The van der Waals surface area contributed by atoms with Crippen molar-refractivity contribution in [3.05, 3.63) is 53.1 Å². The van der Waals surface area contributed by atoms with Gasteiger partial charge in [0.25, 0.3) is 0 Å². The maximum absolute atomic E-state index is 13.3. The summed E-state index contributed by atoms with van der Waals surface area (Å²) in [6.45, 7) is 7.62. The number of aliphatic imine (C=N–C) groups is 1. The monoisotopic (exact) mass is 463 g/mol. The largest absolute Gasteiger partial charge is 0.481 e. The number of nitrogens with zero attached hydrogens (tertiary/aromatic N) is 2. The second-order valence-corrected chi connectivity index (χ2v) is 8.44. The highest BCUT2D eigenvalue weighted by atomic mass is 19.3. The van der Waals surface area contributed by atoms with Gasteiger partial charge in [0.15, 0.2) is 0 Å². The number of amides is 2. The fourth-order valence-corrected chi connectivity index (χ4v) is 3.71. The molecule has 1 aliphatic carbocycles. The molecule has 180 valence electrons. The van der Waals surface area contributed by atoms with Crippen LogP contribution in [0.1, 0.15) is 52.0 Å². The smallest absolute Gasteiger partial charge is 0.387 e. The van der Waals surface area contributed by atoms with E-state index in [2.05, 4.69) is 21.8 Å². The van der Waals surface area contributed by atoms with Gasteiger partial charge in [0.05, 0.1) is 11.6 Å². The van der Waals surface area contributed by atoms with E-state index < -0.39 is 24.5 Å². The van der Waals surface area contributed by atoms with Gasteiger partial charge in [-0.1, -0.05) is 32.0 Å². The van der Waals surface area contributed by atoms with E-state index in [-0.39, 0.29) is 23.3 Å². The molecule has 0 aromatic heterocycles. The van der Waals surface area contributed by atoms with Crippen LogP contribution in [0.4, 0.5) is 19.3 Å². The van der Waals surface area contributed by atoms with E-state index in [1.165, 1.54) is 13.0 Å². The number of nitrogens with one attached hydrogen (secondary N) is 1. The first-order valence-electron chi connectivity index (χ1n) is 10.7. The number of alkyl halides is 2. The molecule has 2 rings (SSSR count). The van der Waals surface area contributed by atoms with Gasteiger partial charge in [0.1, 0.15) is 5.76 Å². The van der Waals surface area contributed by atoms with Crippen molar-refractivity contribution in [2.24, 2.45) is 16.8 Å². The molecule has 33 heavy (non-hydrogen) atoms. The molecule has 1 aromatic carbocycles. The summed E-state index contributed by atoms with van der Waals surface area (Å²) in [6, 6.07) is 6.93. The summed E-state index contributed by atoms with van der Waals surface area (Å²) in [5, 5.41) is 11.8. The second-order valence-electron chi connectivity index (χ2n) is 8.44. The summed E-state index contributed by atoms with van der Waals surface area (Å²) >= 11 is 0. The molecule has 1 aliphatic rings. The van der Waals surface area contributed by atoms with Gasteiger partial charge >= 0.3 is 18.6 Å². The number of para-hydroxylation sites is 1. The van der Waals surface area contributed by atoms with E-state index in [1.807, 2.05) is 38.1 Å². The topological polar surface area (TPSA) is 91.2 Å². The minimum Gasteiger partial charge on any atom is -0.481 e. The number of anilines is 1. The Bertz CT molecular complexity index is 937. The van der Waals surface area contributed by atoms with Crippen LogP contribution >= 0.6 is 0 Å². The number of hydrogen-bond acceptors (Lipinski definition) is 4. The number of carbonyl (C=O) groups is 2. The molecule has 9 heteroatoms. The number of ether oxygens (including phenoxy) is 1. The third-order valence-electron chi connectivity index (χ3n) is 5.59. The number of halogens is 2. The summed E-state index contributed by atoms with van der Waals surface area (Å²) in [7, 11) is 0. The third kappa shape index (κ3) is 7.13. The quantitative estimate of drug-likeness (QED) is 0.272. The lowest BCUT2D eigenvalue weighted by Crippen LogP contribution is -2.46. The third-order valence-corrected chi connectivity index (χ3v) is 5.59. The molecule has 0 heterocycles. The summed E-state index contributed by atoms with van der Waals surface area (Å²) < 4.78 is 30.4. The van der Waals surface area contributed by atoms with Gasteiger partial charge in [-0.25, -0.2) is 4.79 Å². The standard InChI is InChI=1S/C24H31F2N3O4/c1-14(2)19-8-6-7-9-20(19)29(13-17-11-18(12-17)22(30)31)24(32)28-16(4)21(33-23(25)26)10-15(3)27-5/h6-10,14,17-18,23H,5,11-13H2,1-4H3,(H,28,32)(H,30,31)/b15-10-,21-16-. The van der Waals surface area contributed by atoms with E-state index in [0.29, 0.717) is 30.8 Å². The Morgan fingerprint density at radius 1 is 1.30 bits per heavy atom. The van der Waals surface area contributed by atoms with Crippen LogP contribution in [0.15, 0.2) is 52.5 Å². The zero-order valence-electron chi connectivity index (χ0n) is 19.3. The van der Waals surface area contributed by atoms with E-state index in [4.69, 9.17) is 0 Å². The van der Waals surface area contributed by atoms with Gasteiger partial charge < -0.3 is 15.2 Å². The molecule has 2 amide bonds. The van der Waals surface area contributed by atoms with Gasteiger partial charge in [-0.2, -0.15) is 8.78 Å². The van der Waals surface area contributed by atoms with Gasteiger partial charge in [0, 0.05) is 24.0 Å². The number of hydrogen-bond donors (Lipinski definition) is 2. The summed E-state index contributed by atoms with van der Waals surface area (Å²) in [5.74, 6) is -1.33. The second kappa shape index (κ2) is 11.6. The molecule has 1 saturated carbocycles. The highest BCUT2D eigenvalue weighted by Crippen LogP contribution is 2.37. The molecule has 0 atom stereocenters. The van der Waals surface area contributed by atoms with E-state index in [0.717, 1.165) is 5.56 Å². The molecule has 0 saturated heterocycles. The molecule has 0 spiro atoms. The average molecular weight is 464 g/mol. The highest BCUT2D eigenvalue weighted by molar-refractivity contribution is 5.94. The Morgan fingerprint density at radius 2 is 1.94 bits per heavy atom. The maximum atomic E-state index is 13.3. The fourth-order valence-electron chi connectivity index (χ4n) is 3.71. The summed E-state index contributed by atoms with van der Waals surface area (Å²) in [5.41, 5.74) is 2.06. The summed E-state index contributed by atoms with van der Waals surface area (Å²) in [4.78, 5) is 29.7. The van der Waals surface area contributed by atoms with Crippen LogP contribution in [0.3, 0.4) is 0 Å². The van der Waals surface area contributed by atoms with Gasteiger partial charge in [-0.15, -0.1) is 0 Å². The van der Waals surface area contributed by atoms with Crippen LogP contribution in [-0.4, -0.2) is 37.0 Å². The zero-order chi connectivity index (χ0) is 24.7. The number of carboxylic acids is 1. The molecule has 1 fully saturated rings. The first-order chi connectivity index (χ1) is 15.5. The lowest BCUT2D eigenvalue weighted by atomic mass is 9.74. The van der Waals surface area contributed by atoms with Crippen molar-refractivity contribution >= 4 is 24.4 Å². The number of urea groups is 1. The van der Waals surface area contributed by atoms with Gasteiger partial charge in [-0.05, 0) is 56.9 Å². The molecule has 7 nitrogen and oxygen atoms in total. The van der Waals surface area contributed by atoms with Crippen molar-refractivity contribution in [3.63, 3.8) is 0 Å². The Morgan fingerprint density at radius 3 is 2.48 bits per heavy atom. The Balaban J connectivity index is 2.36. The van der Waals surface area contributed by atoms with Crippen molar-refractivity contribution in [2.45, 2.75) is 53.1 Å². The molecule has 0 unspecified atom stereocenters. The number of allylic oxidation sites excluding steroid dienone is 3. The van der Waals surface area contributed by atoms with Crippen LogP contribution < -0.4 is 10.2 Å². The van der Waals surface area contributed by atoms with Crippen molar-refractivity contribution in [2.75, 3.05) is 11.4 Å². The Labute approximate surface area is 192 Å². The molecule has 2 N–H and O–H groups in total. The van der Waals surface area contributed by atoms with Crippen LogP contribution in [0.2, 0.25) is 0 Å². The highest BCUT2D eigenvalue weighted by Gasteiger charge is 2.37. The molecule has 0 bridgehead atoms. The molecule has 1 aromatic rings. The minimum atomic E-state index is -3.08. The summed E-state index contributed by atoms with van der Waals surface area (Å²) in [6.07, 6.45) is 2.22. The average Bonchev–Trinajstić information content (AvgIpc) is 2.71. The van der Waals surface area contributed by atoms with Crippen LogP contribution in [0, 0.1) is 11.8 Å². The number of aliphatic carboxylic acids is 1. The number of benzene rings is 1. The number of carbonyl (C=O) groups excluding carboxylic acids is 1. The zero-order valence-corrected chi connectivity index (χ0v) is 19.3. The van der Waals surface area contributed by atoms with Crippen LogP contribution in [-0.2, 0) is 9.53 Å². The normalized spacial score (nSPS) is 19.0. The van der Waals surface area contributed by atoms with Crippen molar-refractivity contribution in [1.82, 2.24) is 5.32 Å². The predicted octanol–water partition coefficient (Wildman–Crippen LogP) is 5.51. The Hall–Kier alpha value is -3.23. The maximum Gasteiger partial charge on any atom is 0.387 e. The van der Waals surface area contributed by atoms with Crippen LogP contribution in [0.5, 0.6) is 0 Å². The van der Waals surface area contributed by atoms with E-state index in [9.17, 15) is 23.5 Å². The van der Waals surface area contributed by atoms with Gasteiger partial charge in [0.2, 0.25) is 0 Å².